The van der Waals surface area contributed by atoms with Crippen LogP contribution >= 0.6 is 11.3 Å². The predicted octanol–water partition coefficient (Wildman–Crippen LogP) is 1.60. The highest BCUT2D eigenvalue weighted by Crippen LogP contribution is 2.11. The summed E-state index contributed by atoms with van der Waals surface area (Å²) >= 11 is 1.68. The first kappa shape index (κ1) is 9.42. The summed E-state index contributed by atoms with van der Waals surface area (Å²) in [6.45, 7) is 1.73. The third-order valence-electron chi connectivity index (χ3n) is 1.71. The van der Waals surface area contributed by atoms with Gasteiger partial charge in [-0.05, 0) is 24.8 Å². The summed E-state index contributed by atoms with van der Waals surface area (Å²) in [6.07, 6.45) is 1.40. The van der Waals surface area contributed by atoms with Crippen molar-refractivity contribution >= 4 is 17.1 Å². The van der Waals surface area contributed by atoms with Gasteiger partial charge < -0.3 is 5.73 Å². The SMILES string of the molecule is CC(N)C(=O)CCc1cccs1. The van der Waals surface area contributed by atoms with Crippen LogP contribution in [0.3, 0.4) is 0 Å². The maximum Gasteiger partial charge on any atom is 0.149 e. The molecule has 0 saturated heterocycles. The zero-order valence-electron chi connectivity index (χ0n) is 7.12. The van der Waals surface area contributed by atoms with Gasteiger partial charge in [0.05, 0.1) is 6.04 Å². The second-order valence-corrected chi connectivity index (χ2v) is 3.87. The molecule has 1 aromatic rings. The number of thiophene rings is 1. The van der Waals surface area contributed by atoms with E-state index in [-0.39, 0.29) is 11.8 Å². The smallest absolute Gasteiger partial charge is 0.149 e. The zero-order chi connectivity index (χ0) is 8.97. The highest BCUT2D eigenvalue weighted by molar-refractivity contribution is 7.09. The van der Waals surface area contributed by atoms with Gasteiger partial charge in [-0.1, -0.05) is 6.07 Å². The van der Waals surface area contributed by atoms with E-state index in [9.17, 15) is 4.79 Å². The van der Waals surface area contributed by atoms with Crippen molar-refractivity contribution in [1.82, 2.24) is 0 Å². The van der Waals surface area contributed by atoms with Crippen LogP contribution in [0.5, 0.6) is 0 Å². The Morgan fingerprint density at radius 2 is 2.50 bits per heavy atom. The molecule has 3 heteroatoms. The van der Waals surface area contributed by atoms with Crippen LogP contribution in [0.1, 0.15) is 18.2 Å². The maximum absolute atomic E-state index is 11.1. The Morgan fingerprint density at radius 3 is 3.00 bits per heavy atom. The Morgan fingerprint density at radius 1 is 1.75 bits per heavy atom. The van der Waals surface area contributed by atoms with Gasteiger partial charge in [0.15, 0.2) is 0 Å². The third kappa shape index (κ3) is 2.75. The van der Waals surface area contributed by atoms with E-state index in [4.69, 9.17) is 5.73 Å². The van der Waals surface area contributed by atoms with E-state index in [0.717, 1.165) is 6.42 Å². The molecule has 2 N–H and O–H groups in total. The van der Waals surface area contributed by atoms with E-state index in [2.05, 4.69) is 0 Å². The van der Waals surface area contributed by atoms with Crippen molar-refractivity contribution in [3.05, 3.63) is 22.4 Å². The standard InChI is InChI=1S/C9H13NOS/c1-7(10)9(11)5-4-8-3-2-6-12-8/h2-3,6-7H,4-5,10H2,1H3. The highest BCUT2D eigenvalue weighted by atomic mass is 32.1. The van der Waals surface area contributed by atoms with Gasteiger partial charge in [-0.15, -0.1) is 11.3 Å². The van der Waals surface area contributed by atoms with Crippen LogP contribution < -0.4 is 5.73 Å². The van der Waals surface area contributed by atoms with Crippen molar-refractivity contribution in [2.45, 2.75) is 25.8 Å². The minimum absolute atomic E-state index is 0.142. The van der Waals surface area contributed by atoms with Crippen molar-refractivity contribution < 1.29 is 4.79 Å². The van der Waals surface area contributed by atoms with Crippen molar-refractivity contribution in [3.8, 4) is 0 Å². The lowest BCUT2D eigenvalue weighted by atomic mass is 10.1. The van der Waals surface area contributed by atoms with Gasteiger partial charge >= 0.3 is 0 Å². The first-order valence-electron chi connectivity index (χ1n) is 4.01. The van der Waals surface area contributed by atoms with Gasteiger partial charge in [0.1, 0.15) is 5.78 Å². The molecule has 0 aliphatic rings. The summed E-state index contributed by atoms with van der Waals surface area (Å²) in [6, 6.07) is 3.72. The number of carbonyl (C=O) groups excluding carboxylic acids is 1. The second kappa shape index (κ2) is 4.38. The third-order valence-corrected chi connectivity index (χ3v) is 2.64. The molecular formula is C9H13NOS. The van der Waals surface area contributed by atoms with Gasteiger partial charge in [-0.25, -0.2) is 0 Å². The molecule has 66 valence electrons. The Labute approximate surface area is 76.4 Å². The molecule has 0 saturated carbocycles. The van der Waals surface area contributed by atoms with E-state index >= 15 is 0 Å². The molecule has 1 aromatic heterocycles. The lowest BCUT2D eigenvalue weighted by Crippen LogP contribution is -2.26. The molecule has 1 rings (SSSR count). The lowest BCUT2D eigenvalue weighted by molar-refractivity contribution is -0.119. The van der Waals surface area contributed by atoms with E-state index < -0.39 is 0 Å². The number of hydrogen-bond donors (Lipinski definition) is 1. The summed E-state index contributed by atoms with van der Waals surface area (Å²) in [5, 5.41) is 2.02. The number of Topliss-reactive ketones (excluding diaryl/α,β-unsaturated/α-hetero) is 1. The van der Waals surface area contributed by atoms with Gasteiger partial charge in [0.2, 0.25) is 0 Å². The fraction of sp³-hybridized carbons (Fsp3) is 0.444. The number of hydrogen-bond acceptors (Lipinski definition) is 3. The molecule has 0 amide bonds. The summed E-state index contributed by atoms with van der Waals surface area (Å²) < 4.78 is 0. The molecule has 1 heterocycles. The van der Waals surface area contributed by atoms with Gasteiger partial charge in [-0.3, -0.25) is 4.79 Å². The van der Waals surface area contributed by atoms with Crippen LogP contribution in [0.25, 0.3) is 0 Å². The first-order valence-corrected chi connectivity index (χ1v) is 4.89. The maximum atomic E-state index is 11.1. The molecule has 0 bridgehead atoms. The van der Waals surface area contributed by atoms with Gasteiger partial charge in [0, 0.05) is 11.3 Å². The molecule has 2 nitrogen and oxygen atoms in total. The minimum Gasteiger partial charge on any atom is -0.322 e. The summed E-state index contributed by atoms with van der Waals surface area (Å²) in [4.78, 5) is 12.4. The zero-order valence-corrected chi connectivity index (χ0v) is 7.93. The molecule has 0 radical (unpaired) electrons. The molecule has 0 aliphatic carbocycles. The highest BCUT2D eigenvalue weighted by Gasteiger charge is 2.07. The average Bonchev–Trinajstić information content (AvgIpc) is 2.51. The monoisotopic (exact) mass is 183 g/mol. The Hall–Kier alpha value is -0.670. The number of nitrogens with two attached hydrogens (primary N) is 1. The predicted molar refractivity (Wildman–Crippen MR) is 51.3 cm³/mol. The van der Waals surface area contributed by atoms with Gasteiger partial charge in [0.25, 0.3) is 0 Å². The topological polar surface area (TPSA) is 43.1 Å². The molecule has 0 fully saturated rings. The van der Waals surface area contributed by atoms with Crippen molar-refractivity contribution in [1.29, 1.82) is 0 Å². The minimum atomic E-state index is -0.315. The Kier molecular flexibility index (Phi) is 3.44. The van der Waals surface area contributed by atoms with E-state index in [1.807, 2.05) is 17.5 Å². The fourth-order valence-electron chi connectivity index (χ4n) is 0.929. The normalized spacial score (nSPS) is 12.8. The number of rotatable bonds is 4. The second-order valence-electron chi connectivity index (χ2n) is 2.83. The van der Waals surface area contributed by atoms with Crippen LogP contribution in [0.4, 0.5) is 0 Å². The first-order chi connectivity index (χ1) is 5.70. The van der Waals surface area contributed by atoms with Crippen molar-refractivity contribution in [2.75, 3.05) is 0 Å². The van der Waals surface area contributed by atoms with Crippen LogP contribution in [-0.4, -0.2) is 11.8 Å². The number of aryl methyl sites for hydroxylation is 1. The number of ketones is 1. The molecule has 1 atom stereocenters. The van der Waals surface area contributed by atoms with Crippen LogP contribution in [0.2, 0.25) is 0 Å². The largest absolute Gasteiger partial charge is 0.322 e. The molecule has 0 spiro atoms. The van der Waals surface area contributed by atoms with Gasteiger partial charge in [-0.2, -0.15) is 0 Å². The molecule has 0 aromatic carbocycles. The van der Waals surface area contributed by atoms with E-state index in [1.54, 1.807) is 18.3 Å². The molecule has 1 unspecified atom stereocenters. The lowest BCUT2D eigenvalue weighted by Gasteiger charge is -2.01. The summed E-state index contributed by atoms with van der Waals surface area (Å²) in [5.74, 6) is 0.142. The molecule has 12 heavy (non-hydrogen) atoms. The Balaban J connectivity index is 2.32. The molecular weight excluding hydrogens is 170 g/mol. The number of carbonyl (C=O) groups is 1. The van der Waals surface area contributed by atoms with Crippen molar-refractivity contribution in [3.63, 3.8) is 0 Å². The van der Waals surface area contributed by atoms with Crippen LogP contribution in [0.15, 0.2) is 17.5 Å². The van der Waals surface area contributed by atoms with Crippen molar-refractivity contribution in [2.24, 2.45) is 5.73 Å². The van der Waals surface area contributed by atoms with E-state index in [0.29, 0.717) is 6.42 Å². The summed E-state index contributed by atoms with van der Waals surface area (Å²) in [5.41, 5.74) is 5.43. The van der Waals surface area contributed by atoms with E-state index in [1.165, 1.54) is 4.88 Å². The average molecular weight is 183 g/mol. The summed E-state index contributed by atoms with van der Waals surface area (Å²) in [7, 11) is 0. The molecule has 0 aliphatic heterocycles. The quantitative estimate of drug-likeness (QED) is 0.770. The van der Waals surface area contributed by atoms with Crippen LogP contribution in [-0.2, 0) is 11.2 Å². The fourth-order valence-corrected chi connectivity index (χ4v) is 1.64. The Bertz CT molecular complexity index is 241. The van der Waals surface area contributed by atoms with Crippen LogP contribution in [0, 0.1) is 0 Å².